The molecule has 3 heterocycles. The number of piperazine rings is 1. The first-order valence-electron chi connectivity index (χ1n) is 14.6. The monoisotopic (exact) mass is 692 g/mol. The number of carboxylic acid groups (broad SMARTS) is 1. The lowest BCUT2D eigenvalue weighted by Crippen LogP contribution is -2.60. The summed E-state index contributed by atoms with van der Waals surface area (Å²) in [5.41, 5.74) is 0.551. The summed E-state index contributed by atoms with van der Waals surface area (Å²) in [6, 6.07) is 6.22. The van der Waals surface area contributed by atoms with Crippen LogP contribution < -0.4 is 15.2 Å². The van der Waals surface area contributed by atoms with Gasteiger partial charge in [-0.25, -0.2) is 9.37 Å². The number of halogens is 3. The first-order chi connectivity index (χ1) is 22.7. The van der Waals surface area contributed by atoms with Crippen LogP contribution in [0.4, 0.5) is 14.5 Å². The lowest BCUT2D eigenvalue weighted by Gasteiger charge is -2.39. The third-order valence-electron chi connectivity index (χ3n) is 8.45. The topological polar surface area (TPSA) is 177 Å². The van der Waals surface area contributed by atoms with E-state index in [9.17, 15) is 33.4 Å². The summed E-state index contributed by atoms with van der Waals surface area (Å²) in [5.74, 6) is -3.88. The Morgan fingerprint density at radius 3 is 2.27 bits per heavy atom. The Kier molecular flexibility index (Phi) is 11.0. The third-order valence-corrected chi connectivity index (χ3v) is 8.76. The molecule has 17 heteroatoms. The summed E-state index contributed by atoms with van der Waals surface area (Å²) < 4.78 is 35.2. The summed E-state index contributed by atoms with van der Waals surface area (Å²) in [4.78, 5) is 55.0. The number of likely N-dealkylation sites (N-methyl/N-ethyl adjacent to an activating group) is 1. The van der Waals surface area contributed by atoms with Gasteiger partial charge in [0, 0.05) is 50.9 Å². The van der Waals surface area contributed by atoms with Gasteiger partial charge in [0.25, 0.3) is 17.7 Å². The van der Waals surface area contributed by atoms with Gasteiger partial charge in [0.2, 0.25) is 5.82 Å². The normalized spacial score (nSPS) is 20.1. The van der Waals surface area contributed by atoms with E-state index in [-0.39, 0.29) is 88.1 Å². The van der Waals surface area contributed by atoms with E-state index in [0.717, 1.165) is 0 Å². The lowest BCUT2D eigenvalue weighted by atomic mass is 10.1. The molecule has 0 spiro atoms. The Balaban J connectivity index is 0.00000167. The number of quaternary nitrogens is 1. The number of carbonyl (C=O) groups is 4. The van der Waals surface area contributed by atoms with Crippen LogP contribution in [0.5, 0.6) is 5.75 Å². The number of imidazole rings is 1. The molecule has 5 rings (SSSR count). The van der Waals surface area contributed by atoms with Gasteiger partial charge in [0.15, 0.2) is 23.4 Å². The van der Waals surface area contributed by atoms with Crippen molar-refractivity contribution in [3.8, 4) is 17.0 Å². The highest BCUT2D eigenvalue weighted by atomic mass is 35.5. The molecule has 3 atom stereocenters. The fourth-order valence-electron chi connectivity index (χ4n) is 5.97. The van der Waals surface area contributed by atoms with Crippen LogP contribution >= 0.6 is 11.6 Å². The van der Waals surface area contributed by atoms with Crippen LogP contribution in [-0.4, -0.2) is 130 Å². The van der Waals surface area contributed by atoms with Gasteiger partial charge >= 0.3 is 0 Å². The molecular formula is C31H35ClF2N6O8. The number of anilines is 1. The molecule has 1 aromatic heterocycles. The van der Waals surface area contributed by atoms with Crippen molar-refractivity contribution in [3.05, 3.63) is 64.6 Å². The summed E-state index contributed by atoms with van der Waals surface area (Å²) in [6.45, 7) is 0.776. The maximum absolute atomic E-state index is 14.6. The molecule has 258 valence electrons. The minimum atomic E-state index is -1.16. The summed E-state index contributed by atoms with van der Waals surface area (Å²) >= 11 is 6.45. The highest BCUT2D eigenvalue weighted by molar-refractivity contribution is 6.34. The van der Waals surface area contributed by atoms with E-state index in [1.54, 1.807) is 23.9 Å². The summed E-state index contributed by atoms with van der Waals surface area (Å²) in [5, 5.41) is 31.5. The molecule has 0 saturated carbocycles. The molecule has 2 aromatic carbocycles. The van der Waals surface area contributed by atoms with Gasteiger partial charge in [-0.1, -0.05) is 11.6 Å². The second-order valence-electron chi connectivity index (χ2n) is 11.8. The zero-order chi connectivity index (χ0) is 35.5. The van der Waals surface area contributed by atoms with E-state index < -0.39 is 42.3 Å². The molecule has 48 heavy (non-hydrogen) atoms. The van der Waals surface area contributed by atoms with Crippen molar-refractivity contribution in [2.24, 2.45) is 7.05 Å². The molecule has 0 aliphatic carbocycles. The van der Waals surface area contributed by atoms with Gasteiger partial charge in [-0.15, -0.1) is 0 Å². The van der Waals surface area contributed by atoms with Crippen molar-refractivity contribution in [3.63, 3.8) is 0 Å². The van der Waals surface area contributed by atoms with E-state index in [1.165, 1.54) is 55.3 Å². The van der Waals surface area contributed by atoms with Gasteiger partial charge in [-0.3, -0.25) is 14.4 Å². The first kappa shape index (κ1) is 36.2. The quantitative estimate of drug-likeness (QED) is 0.239. The molecule has 0 bridgehead atoms. The smallest absolute Gasteiger partial charge is 0.291 e. The number of aromatic nitrogens is 2. The van der Waals surface area contributed by atoms with Crippen LogP contribution in [0.3, 0.4) is 0 Å². The Morgan fingerprint density at radius 2 is 1.71 bits per heavy atom. The predicted octanol–water partition coefficient (Wildman–Crippen LogP) is 0.111. The molecule has 3 amide bonds. The minimum Gasteiger partial charge on any atom is -0.554 e. The standard InChI is InChI=1S/C30H33ClF2N6O6.CH2O2/c1-36-20(18-7-8-22(45-4)24(33)23(18)32)14-34-27(36)28(42)35-16-5-6-17(19(31)13-16)29(43)37-9-11-38(12-10-37)30(44)25-26(41)21(40)15-39(25,2)3;2-1-3/h5-8,13-14,21,25-26,40-41H,9-12,15H2,1-4H3;1H,(H,2,3)/t21-,25-,26-;/m0./s1. The van der Waals surface area contributed by atoms with Crippen LogP contribution in [-0.2, 0) is 16.6 Å². The lowest BCUT2D eigenvalue weighted by molar-refractivity contribution is -0.896. The molecular weight excluding hydrogens is 658 g/mol. The van der Waals surface area contributed by atoms with Gasteiger partial charge in [0.05, 0.1) is 43.7 Å². The Labute approximate surface area is 279 Å². The number of hydrogen-bond acceptors (Lipinski definition) is 9. The molecule has 14 nitrogen and oxygen atoms in total. The second-order valence-corrected chi connectivity index (χ2v) is 12.2. The molecule has 3 aromatic rings. The fourth-order valence-corrected chi connectivity index (χ4v) is 6.23. The van der Waals surface area contributed by atoms with Crippen molar-refractivity contribution in [1.82, 2.24) is 19.4 Å². The van der Waals surface area contributed by atoms with Gasteiger partial charge in [-0.05, 0) is 30.3 Å². The maximum Gasteiger partial charge on any atom is 0.291 e. The minimum absolute atomic E-state index is 0.0776. The number of aliphatic hydroxyl groups is 2. The number of benzene rings is 2. The molecule has 0 unspecified atom stereocenters. The van der Waals surface area contributed by atoms with Crippen molar-refractivity contribution in [2.75, 3.05) is 59.2 Å². The van der Waals surface area contributed by atoms with E-state index >= 15 is 0 Å². The Bertz CT molecular complexity index is 1710. The van der Waals surface area contributed by atoms with E-state index in [4.69, 9.17) is 26.2 Å². The number of nitrogens with zero attached hydrogens (tertiary/aromatic N) is 5. The zero-order valence-corrected chi connectivity index (χ0v) is 27.3. The van der Waals surface area contributed by atoms with Crippen molar-refractivity contribution < 1.29 is 52.5 Å². The predicted molar refractivity (Wildman–Crippen MR) is 166 cm³/mol. The first-order valence-corrected chi connectivity index (χ1v) is 15.0. The number of ether oxygens (including phenoxy) is 1. The van der Waals surface area contributed by atoms with Crippen molar-refractivity contribution >= 4 is 41.5 Å². The largest absolute Gasteiger partial charge is 0.554 e. The Hall–Kier alpha value is -4.64. The molecule has 0 radical (unpaired) electrons. The summed E-state index contributed by atoms with van der Waals surface area (Å²) in [7, 11) is 6.28. The molecule has 2 fully saturated rings. The van der Waals surface area contributed by atoms with Crippen LogP contribution in [0.2, 0.25) is 5.02 Å². The van der Waals surface area contributed by atoms with Crippen molar-refractivity contribution in [1.29, 1.82) is 0 Å². The highest BCUT2D eigenvalue weighted by Gasteiger charge is 2.53. The van der Waals surface area contributed by atoms with Crippen LogP contribution in [0.25, 0.3) is 11.3 Å². The molecule has 2 saturated heterocycles. The van der Waals surface area contributed by atoms with E-state index in [0.29, 0.717) is 0 Å². The number of amides is 3. The molecule has 2 aliphatic rings. The highest BCUT2D eigenvalue weighted by Crippen LogP contribution is 2.31. The number of aliphatic hydroxyl groups excluding tert-OH is 2. The average Bonchev–Trinajstić information content (AvgIpc) is 3.52. The summed E-state index contributed by atoms with van der Waals surface area (Å²) in [6.07, 6.45) is -0.895. The number of likely N-dealkylation sites (tertiary alicyclic amines) is 1. The number of carbonyl (C=O) groups excluding carboxylic acids is 4. The van der Waals surface area contributed by atoms with Crippen LogP contribution in [0, 0.1) is 11.6 Å². The zero-order valence-electron chi connectivity index (χ0n) is 26.5. The fraction of sp³-hybridized carbons (Fsp3) is 0.387. The van der Waals surface area contributed by atoms with Gasteiger partial charge in [0.1, 0.15) is 18.8 Å². The van der Waals surface area contributed by atoms with Gasteiger partial charge in [-0.2, -0.15) is 4.39 Å². The average molecular weight is 693 g/mol. The number of hydrogen-bond donors (Lipinski definition) is 3. The number of nitrogens with one attached hydrogen (secondary N) is 1. The molecule has 3 N–H and O–H groups in total. The number of methoxy groups -OCH3 is 1. The maximum atomic E-state index is 14.6. The van der Waals surface area contributed by atoms with Crippen molar-refractivity contribution in [2.45, 2.75) is 18.2 Å². The second kappa shape index (κ2) is 14.6. The van der Waals surface area contributed by atoms with E-state index in [2.05, 4.69) is 10.3 Å². The third kappa shape index (κ3) is 7.11. The van der Waals surface area contributed by atoms with Crippen LogP contribution in [0.15, 0.2) is 36.5 Å². The number of rotatable bonds is 6. The van der Waals surface area contributed by atoms with E-state index in [1.807, 2.05) is 0 Å². The van der Waals surface area contributed by atoms with Crippen LogP contribution in [0.1, 0.15) is 21.0 Å². The SMILES string of the molecule is COc1ccc(-c2cnc(C(=O)Nc3ccc(C(=O)N4CCN(C(=O)[C@@H]5[C@@H](O)[C@@H](O)C[N+]5(C)C)CC4)c(Cl)c3)n2C)c(F)c1F.O=C[O-]. The van der Waals surface area contributed by atoms with Gasteiger partial charge < -0.3 is 49.0 Å². The Morgan fingerprint density at radius 1 is 1.08 bits per heavy atom. The molecule has 2 aliphatic heterocycles.